The number of hydrogen-bond acceptors (Lipinski definition) is 3. The monoisotopic (exact) mass is 289 g/mol. The second-order valence-corrected chi connectivity index (χ2v) is 1.94. The topological polar surface area (TPSA) is 138 Å². The summed E-state index contributed by atoms with van der Waals surface area (Å²) in [7, 11) is 0. The number of rotatable bonds is 0. The van der Waals surface area contributed by atoms with Crippen molar-refractivity contribution in [2.45, 2.75) is 12.4 Å². The van der Waals surface area contributed by atoms with Gasteiger partial charge in [0.1, 0.15) is 0 Å². The molecule has 0 radical (unpaired) electrons. The highest BCUT2D eigenvalue weighted by Gasteiger charge is 2.38. The van der Waals surface area contributed by atoms with Crippen molar-refractivity contribution in [3.05, 3.63) is 0 Å². The van der Waals surface area contributed by atoms with Crippen molar-refractivity contribution >= 4 is 18.0 Å². The van der Waals surface area contributed by atoms with Crippen LogP contribution in [-0.4, -0.2) is 45.7 Å². The Kier molecular flexibility index (Phi) is 9.34. The number of primary amides is 1. The van der Waals surface area contributed by atoms with E-state index in [-0.39, 0.29) is 0 Å². The van der Waals surface area contributed by atoms with Gasteiger partial charge in [-0.15, -0.1) is 0 Å². The molecule has 18 heavy (non-hydrogen) atoms. The van der Waals surface area contributed by atoms with Crippen molar-refractivity contribution < 1.29 is 56.0 Å². The molecule has 0 aliphatic carbocycles. The summed E-state index contributed by atoms with van der Waals surface area (Å²) in [6.45, 7) is 0. The maximum Gasteiger partial charge on any atom is 0.490 e. The molecule has 13 heteroatoms. The lowest BCUT2D eigenvalue weighted by molar-refractivity contribution is -0.193. The zero-order valence-corrected chi connectivity index (χ0v) is 7.91. The van der Waals surface area contributed by atoms with E-state index in [4.69, 9.17) is 29.7 Å². The lowest BCUT2D eigenvalue weighted by atomic mass is 10.7. The van der Waals surface area contributed by atoms with Gasteiger partial charge in [-0.1, -0.05) is 0 Å². The molecule has 1 amide bonds. The number of hydrogen-bond donors (Lipinski definition) is 4. The normalized spacial score (nSPS) is 10.1. The second kappa shape index (κ2) is 7.97. The van der Waals surface area contributed by atoms with Crippen LogP contribution in [0.1, 0.15) is 0 Å². The quantitative estimate of drug-likeness (QED) is 0.488. The third kappa shape index (κ3) is 23.5. The van der Waals surface area contributed by atoms with Gasteiger partial charge in [0, 0.05) is 0 Å². The van der Waals surface area contributed by atoms with Gasteiger partial charge in [0.25, 0.3) is 0 Å². The zero-order chi connectivity index (χ0) is 15.7. The minimum absolute atomic E-state index is 1.33. The zero-order valence-electron chi connectivity index (χ0n) is 7.91. The predicted octanol–water partition coefficient (Wildman–Crippen LogP) is 0.890. The highest BCUT2D eigenvalue weighted by atomic mass is 19.4. The van der Waals surface area contributed by atoms with Crippen LogP contribution in [0.3, 0.4) is 0 Å². The number of aliphatic carboxylic acids is 2. The maximum absolute atomic E-state index is 10.6. The molecular weight excluding hydrogens is 284 g/mol. The van der Waals surface area contributed by atoms with Crippen LogP contribution < -0.4 is 5.73 Å². The fourth-order valence-electron chi connectivity index (χ4n) is 0. The Morgan fingerprint density at radius 2 is 0.778 bits per heavy atom. The summed E-state index contributed by atoms with van der Waals surface area (Å²) in [4.78, 5) is 26.6. The Morgan fingerprint density at radius 1 is 0.722 bits per heavy atom. The minimum atomic E-state index is -5.08. The summed E-state index contributed by atoms with van der Waals surface area (Å²) in [6.07, 6.45) is -11.5. The van der Waals surface area contributed by atoms with Crippen LogP contribution in [0.2, 0.25) is 0 Å². The van der Waals surface area contributed by atoms with E-state index in [9.17, 15) is 26.3 Å². The first-order chi connectivity index (χ1) is 7.62. The number of carboxylic acid groups (broad SMARTS) is 3. The largest absolute Gasteiger partial charge is 0.490 e. The van der Waals surface area contributed by atoms with Crippen LogP contribution in [0.25, 0.3) is 0 Å². The van der Waals surface area contributed by atoms with Crippen LogP contribution in [0, 0.1) is 0 Å². The first-order valence-electron chi connectivity index (χ1n) is 3.21. The molecule has 0 saturated carbocycles. The molecule has 0 atom stereocenters. The Bertz CT molecular complexity index is 268. The molecule has 0 bridgehead atoms. The third-order valence-corrected chi connectivity index (χ3v) is 0.485. The minimum Gasteiger partial charge on any atom is -0.475 e. The summed E-state index contributed by atoms with van der Waals surface area (Å²) in [6, 6.07) is 0. The molecule has 0 aliphatic heterocycles. The van der Waals surface area contributed by atoms with Crippen molar-refractivity contribution in [3.8, 4) is 0 Å². The number of amides is 1. The van der Waals surface area contributed by atoms with Crippen molar-refractivity contribution in [3.63, 3.8) is 0 Å². The number of carbonyl (C=O) groups is 3. The van der Waals surface area contributed by atoms with Gasteiger partial charge < -0.3 is 21.1 Å². The molecule has 0 aromatic rings. The average Bonchev–Trinajstić information content (AvgIpc) is 1.99. The van der Waals surface area contributed by atoms with Gasteiger partial charge in [-0.3, -0.25) is 0 Å². The molecule has 0 aliphatic rings. The van der Waals surface area contributed by atoms with Crippen LogP contribution in [0.4, 0.5) is 31.1 Å². The van der Waals surface area contributed by atoms with E-state index in [2.05, 4.69) is 5.73 Å². The SMILES string of the molecule is NC(=O)O.O=C(O)C(F)(F)F.O=C(O)C(F)(F)F. The van der Waals surface area contributed by atoms with E-state index in [1.165, 1.54) is 0 Å². The molecule has 108 valence electrons. The van der Waals surface area contributed by atoms with Gasteiger partial charge in [-0.25, -0.2) is 14.4 Å². The molecule has 0 rings (SSSR count). The van der Waals surface area contributed by atoms with Crippen molar-refractivity contribution in [2.75, 3.05) is 0 Å². The highest BCUT2D eigenvalue weighted by molar-refractivity contribution is 5.73. The lowest BCUT2D eigenvalue weighted by Crippen LogP contribution is -2.21. The highest BCUT2D eigenvalue weighted by Crippen LogP contribution is 2.13. The predicted molar refractivity (Wildman–Crippen MR) is 39.6 cm³/mol. The van der Waals surface area contributed by atoms with E-state index in [1.807, 2.05) is 0 Å². The van der Waals surface area contributed by atoms with Gasteiger partial charge in [0.15, 0.2) is 0 Å². The van der Waals surface area contributed by atoms with Crippen LogP contribution in [0.15, 0.2) is 0 Å². The Hall–Kier alpha value is -2.21. The average molecular weight is 289 g/mol. The van der Waals surface area contributed by atoms with Gasteiger partial charge in [-0.05, 0) is 0 Å². The van der Waals surface area contributed by atoms with Crippen LogP contribution in [0.5, 0.6) is 0 Å². The summed E-state index contributed by atoms with van der Waals surface area (Å²) in [5.74, 6) is -5.51. The molecule has 0 heterocycles. The van der Waals surface area contributed by atoms with Crippen molar-refractivity contribution in [2.24, 2.45) is 5.73 Å². The molecule has 7 nitrogen and oxygen atoms in total. The van der Waals surface area contributed by atoms with Crippen LogP contribution >= 0.6 is 0 Å². The number of carboxylic acids is 2. The summed E-state index contributed by atoms with van der Waals surface area (Å²) < 4.78 is 63.5. The summed E-state index contributed by atoms with van der Waals surface area (Å²) in [5, 5.41) is 21.4. The summed E-state index contributed by atoms with van der Waals surface area (Å²) >= 11 is 0. The van der Waals surface area contributed by atoms with Gasteiger partial charge in [0.2, 0.25) is 0 Å². The molecule has 0 spiro atoms. The smallest absolute Gasteiger partial charge is 0.475 e. The second-order valence-electron chi connectivity index (χ2n) is 1.94. The standard InChI is InChI=1S/2C2HF3O2.CH3NO2/c2*3-2(4,5)1(6)7;2-1(3)4/h2*(H,6,7);2H2,(H,3,4). The maximum atomic E-state index is 10.6. The van der Waals surface area contributed by atoms with E-state index in [0.29, 0.717) is 0 Å². The van der Waals surface area contributed by atoms with Crippen molar-refractivity contribution in [1.29, 1.82) is 0 Å². The van der Waals surface area contributed by atoms with E-state index >= 15 is 0 Å². The fraction of sp³-hybridized carbons (Fsp3) is 0.400. The fourth-order valence-corrected chi connectivity index (χ4v) is 0. The molecule has 0 saturated heterocycles. The van der Waals surface area contributed by atoms with Gasteiger partial charge >= 0.3 is 30.4 Å². The first-order valence-corrected chi connectivity index (χ1v) is 3.21. The Labute approximate surface area is 93.4 Å². The third-order valence-electron chi connectivity index (χ3n) is 0.485. The van der Waals surface area contributed by atoms with E-state index in [1.54, 1.807) is 0 Å². The number of halogens is 6. The van der Waals surface area contributed by atoms with Gasteiger partial charge in [0.05, 0.1) is 0 Å². The molecule has 5 N–H and O–H groups in total. The summed E-state index contributed by atoms with van der Waals surface area (Å²) in [5.41, 5.74) is 4.03. The van der Waals surface area contributed by atoms with E-state index < -0.39 is 30.4 Å². The van der Waals surface area contributed by atoms with E-state index in [0.717, 1.165) is 0 Å². The molecule has 0 fully saturated rings. The van der Waals surface area contributed by atoms with Crippen molar-refractivity contribution in [1.82, 2.24) is 0 Å². The molecular formula is C5H5F6NO6. The Balaban J connectivity index is -0.000000196. The first kappa shape index (κ1) is 21.1. The van der Waals surface area contributed by atoms with Gasteiger partial charge in [-0.2, -0.15) is 26.3 Å². The molecule has 0 aromatic heterocycles. The molecule has 0 unspecified atom stereocenters. The molecule has 0 aromatic carbocycles. The van der Waals surface area contributed by atoms with Crippen LogP contribution in [-0.2, 0) is 9.59 Å². The number of nitrogens with two attached hydrogens (primary N) is 1. The number of alkyl halides is 6. The Morgan fingerprint density at radius 3 is 0.778 bits per heavy atom. The lowest BCUT2D eigenvalue weighted by Gasteiger charge is -1.93.